The lowest BCUT2D eigenvalue weighted by Crippen LogP contribution is -2.44. The largest absolute Gasteiger partial charge is 0.444 e. The second-order valence-corrected chi connectivity index (χ2v) is 8.15. The van der Waals surface area contributed by atoms with Crippen molar-refractivity contribution in [2.45, 2.75) is 52.6 Å². The minimum Gasteiger partial charge on any atom is -0.444 e. The molecule has 0 aliphatic carbocycles. The van der Waals surface area contributed by atoms with Crippen molar-refractivity contribution in [1.29, 1.82) is 0 Å². The molecule has 2 rings (SSSR count). The molecule has 164 valence electrons. The fourth-order valence-corrected chi connectivity index (χ4v) is 3.12. The van der Waals surface area contributed by atoms with Gasteiger partial charge in [-0.1, -0.05) is 6.07 Å². The Hall–Kier alpha value is -1.58. The van der Waals surface area contributed by atoms with Gasteiger partial charge in [-0.05, 0) is 58.6 Å². The Labute approximate surface area is 192 Å². The number of rotatable bonds is 6. The van der Waals surface area contributed by atoms with Crippen molar-refractivity contribution in [3.05, 3.63) is 30.1 Å². The number of aliphatic imine (C=N–C) groups is 1. The summed E-state index contributed by atoms with van der Waals surface area (Å²) in [4.78, 5) is 23.2. The Morgan fingerprint density at radius 3 is 2.79 bits per heavy atom. The summed E-state index contributed by atoms with van der Waals surface area (Å²) in [5.41, 5.74) is 0.601. The van der Waals surface area contributed by atoms with Gasteiger partial charge in [0.15, 0.2) is 5.96 Å². The number of carbonyl (C=O) groups is 1. The first-order chi connectivity index (χ1) is 13.4. The molecular weight excluding hydrogens is 481 g/mol. The van der Waals surface area contributed by atoms with Gasteiger partial charge in [0.05, 0.1) is 0 Å². The lowest BCUT2D eigenvalue weighted by molar-refractivity contribution is 0.0170. The van der Waals surface area contributed by atoms with Crippen LogP contribution in [0.4, 0.5) is 4.79 Å². The van der Waals surface area contributed by atoms with Gasteiger partial charge in [0.2, 0.25) is 0 Å². The molecule has 8 heteroatoms. The van der Waals surface area contributed by atoms with E-state index in [1.54, 1.807) is 0 Å². The van der Waals surface area contributed by atoms with E-state index in [1.165, 1.54) is 0 Å². The topological polar surface area (TPSA) is 78.9 Å². The molecule has 0 aromatic carbocycles. The standard InChI is InChI=1S/C21H35N5O2.HI/c1-5-22-19(24-13-11-18-10-6-7-12-23-18)25-15-17-9-8-14-26(16-17)20(27)28-21(2,3)4;/h6-7,10,12,17H,5,8-9,11,13-16H2,1-4H3,(H2,22,24,25);1H. The first kappa shape index (κ1) is 25.5. The first-order valence-corrected chi connectivity index (χ1v) is 10.3. The van der Waals surface area contributed by atoms with E-state index in [9.17, 15) is 4.79 Å². The van der Waals surface area contributed by atoms with Gasteiger partial charge in [-0.3, -0.25) is 9.98 Å². The highest BCUT2D eigenvalue weighted by Crippen LogP contribution is 2.19. The zero-order valence-electron chi connectivity index (χ0n) is 18.1. The highest BCUT2D eigenvalue weighted by Gasteiger charge is 2.27. The molecule has 1 aromatic rings. The van der Waals surface area contributed by atoms with Gasteiger partial charge in [-0.2, -0.15) is 0 Å². The van der Waals surface area contributed by atoms with Crippen molar-refractivity contribution in [1.82, 2.24) is 20.5 Å². The number of nitrogens with one attached hydrogen (secondary N) is 2. The molecule has 1 aliphatic heterocycles. The van der Waals surface area contributed by atoms with Gasteiger partial charge in [0, 0.05) is 51.0 Å². The van der Waals surface area contributed by atoms with Gasteiger partial charge >= 0.3 is 6.09 Å². The van der Waals surface area contributed by atoms with Crippen LogP contribution in [-0.2, 0) is 11.2 Å². The maximum absolute atomic E-state index is 12.3. The second kappa shape index (κ2) is 12.9. The monoisotopic (exact) mass is 517 g/mol. The van der Waals surface area contributed by atoms with E-state index in [0.717, 1.165) is 50.6 Å². The van der Waals surface area contributed by atoms with Crippen LogP contribution < -0.4 is 10.6 Å². The smallest absolute Gasteiger partial charge is 0.410 e. The predicted molar refractivity (Wildman–Crippen MR) is 128 cm³/mol. The van der Waals surface area contributed by atoms with E-state index in [2.05, 4.69) is 22.5 Å². The highest BCUT2D eigenvalue weighted by atomic mass is 127. The van der Waals surface area contributed by atoms with Crippen LogP contribution in [0.2, 0.25) is 0 Å². The Morgan fingerprint density at radius 2 is 2.14 bits per heavy atom. The lowest BCUT2D eigenvalue weighted by atomic mass is 9.98. The van der Waals surface area contributed by atoms with Crippen LogP contribution in [0.5, 0.6) is 0 Å². The molecule has 1 aliphatic rings. The van der Waals surface area contributed by atoms with E-state index in [-0.39, 0.29) is 30.1 Å². The number of halogens is 1. The summed E-state index contributed by atoms with van der Waals surface area (Å²) in [5, 5.41) is 6.65. The number of nitrogens with zero attached hydrogens (tertiary/aromatic N) is 3. The molecule has 0 bridgehead atoms. The Morgan fingerprint density at radius 1 is 1.34 bits per heavy atom. The Balaban J connectivity index is 0.00000420. The number of guanidine groups is 1. The second-order valence-electron chi connectivity index (χ2n) is 8.15. The number of amides is 1. The summed E-state index contributed by atoms with van der Waals surface area (Å²) in [6.07, 6.45) is 4.51. The average molecular weight is 517 g/mol. The zero-order valence-corrected chi connectivity index (χ0v) is 20.4. The van der Waals surface area contributed by atoms with E-state index in [0.29, 0.717) is 19.0 Å². The number of hydrogen-bond acceptors (Lipinski definition) is 4. The van der Waals surface area contributed by atoms with E-state index >= 15 is 0 Å². The first-order valence-electron chi connectivity index (χ1n) is 10.3. The van der Waals surface area contributed by atoms with Gasteiger partial charge in [0.25, 0.3) is 0 Å². The van der Waals surface area contributed by atoms with Crippen molar-refractivity contribution in [2.24, 2.45) is 10.9 Å². The minimum atomic E-state index is -0.460. The third-order valence-corrected chi connectivity index (χ3v) is 4.42. The van der Waals surface area contributed by atoms with Gasteiger partial charge in [-0.15, -0.1) is 24.0 Å². The fraction of sp³-hybridized carbons (Fsp3) is 0.667. The van der Waals surface area contributed by atoms with E-state index in [1.807, 2.05) is 50.1 Å². The predicted octanol–water partition coefficient (Wildman–Crippen LogP) is 3.44. The molecule has 29 heavy (non-hydrogen) atoms. The van der Waals surface area contributed by atoms with Crippen molar-refractivity contribution in [3.63, 3.8) is 0 Å². The quantitative estimate of drug-likeness (QED) is 0.344. The minimum absolute atomic E-state index is 0. The Kier molecular flexibility index (Phi) is 11.3. The number of hydrogen-bond donors (Lipinski definition) is 2. The molecule has 7 nitrogen and oxygen atoms in total. The number of aromatic nitrogens is 1. The maximum atomic E-state index is 12.3. The van der Waals surface area contributed by atoms with Crippen molar-refractivity contribution in [3.8, 4) is 0 Å². The van der Waals surface area contributed by atoms with E-state index in [4.69, 9.17) is 9.73 Å². The van der Waals surface area contributed by atoms with Crippen molar-refractivity contribution in [2.75, 3.05) is 32.7 Å². The summed E-state index contributed by atoms with van der Waals surface area (Å²) >= 11 is 0. The molecule has 1 unspecified atom stereocenters. The average Bonchev–Trinajstić information content (AvgIpc) is 2.66. The fourth-order valence-electron chi connectivity index (χ4n) is 3.12. The number of carbonyl (C=O) groups excluding carboxylic acids is 1. The SMILES string of the molecule is CCNC(=NCC1CCCN(C(=O)OC(C)(C)C)C1)NCCc1ccccn1.I. The summed E-state index contributed by atoms with van der Waals surface area (Å²) in [6.45, 7) is 11.5. The number of piperidine rings is 1. The van der Waals surface area contributed by atoms with Crippen LogP contribution in [0.25, 0.3) is 0 Å². The molecule has 1 atom stereocenters. The van der Waals surface area contributed by atoms with Crippen LogP contribution in [0, 0.1) is 5.92 Å². The third-order valence-electron chi connectivity index (χ3n) is 4.42. The summed E-state index contributed by atoms with van der Waals surface area (Å²) in [5.74, 6) is 1.17. The normalized spacial score (nSPS) is 17.3. The zero-order chi connectivity index (χ0) is 20.4. The van der Waals surface area contributed by atoms with Crippen LogP contribution in [0.1, 0.15) is 46.2 Å². The van der Waals surface area contributed by atoms with Crippen LogP contribution in [0.3, 0.4) is 0 Å². The molecule has 0 radical (unpaired) electrons. The molecule has 2 heterocycles. The number of pyridine rings is 1. The van der Waals surface area contributed by atoms with Crippen LogP contribution >= 0.6 is 24.0 Å². The molecule has 0 saturated carbocycles. The van der Waals surface area contributed by atoms with Crippen molar-refractivity contribution < 1.29 is 9.53 Å². The molecule has 1 saturated heterocycles. The van der Waals surface area contributed by atoms with Gasteiger partial charge in [0.1, 0.15) is 5.60 Å². The molecule has 2 N–H and O–H groups in total. The lowest BCUT2D eigenvalue weighted by Gasteiger charge is -2.33. The summed E-state index contributed by atoms with van der Waals surface area (Å²) < 4.78 is 5.51. The molecule has 0 spiro atoms. The van der Waals surface area contributed by atoms with Crippen molar-refractivity contribution >= 4 is 36.0 Å². The summed E-state index contributed by atoms with van der Waals surface area (Å²) in [6, 6.07) is 5.95. The third kappa shape index (κ3) is 10.1. The van der Waals surface area contributed by atoms with Gasteiger partial charge < -0.3 is 20.3 Å². The van der Waals surface area contributed by atoms with Crippen LogP contribution in [-0.4, -0.2) is 60.3 Å². The number of likely N-dealkylation sites (tertiary alicyclic amines) is 1. The highest BCUT2D eigenvalue weighted by molar-refractivity contribution is 14.0. The Bertz CT molecular complexity index is 634. The summed E-state index contributed by atoms with van der Waals surface area (Å²) in [7, 11) is 0. The molecule has 1 fully saturated rings. The molecular formula is C21H36IN5O2. The molecule has 1 amide bonds. The number of ether oxygens (including phenoxy) is 1. The van der Waals surface area contributed by atoms with E-state index < -0.39 is 5.60 Å². The van der Waals surface area contributed by atoms with Gasteiger partial charge in [-0.25, -0.2) is 4.79 Å². The molecule has 1 aromatic heterocycles. The maximum Gasteiger partial charge on any atom is 0.410 e. The van der Waals surface area contributed by atoms with Crippen LogP contribution in [0.15, 0.2) is 29.4 Å².